The Bertz CT molecular complexity index is 210. The predicted molar refractivity (Wildman–Crippen MR) is 26.5 cm³/mol. The average molecular weight is 126 g/mol. The molecule has 9 heavy (non-hydrogen) atoms. The standard InChI is InChI=1S/C3H2N4O2/c8-7(9)3-1-4-6-5-2-3/h1-2H. The molecular weight excluding hydrogens is 124 g/mol. The third-order valence-corrected chi connectivity index (χ3v) is 0.694. The van der Waals surface area contributed by atoms with Crippen LogP contribution < -0.4 is 0 Å². The zero-order valence-electron chi connectivity index (χ0n) is 4.26. The maximum atomic E-state index is 9.90. The molecule has 0 radical (unpaired) electrons. The van der Waals surface area contributed by atoms with Crippen molar-refractivity contribution >= 4 is 5.69 Å². The van der Waals surface area contributed by atoms with E-state index in [-0.39, 0.29) is 5.69 Å². The van der Waals surface area contributed by atoms with E-state index in [1.54, 1.807) is 0 Å². The Hall–Kier alpha value is -1.59. The van der Waals surface area contributed by atoms with Gasteiger partial charge in [-0.25, -0.2) is 0 Å². The van der Waals surface area contributed by atoms with Crippen molar-refractivity contribution in [3.8, 4) is 0 Å². The number of rotatable bonds is 1. The third-order valence-electron chi connectivity index (χ3n) is 0.694. The predicted octanol–water partition coefficient (Wildman–Crippen LogP) is -0.220. The van der Waals surface area contributed by atoms with Crippen molar-refractivity contribution in [1.29, 1.82) is 0 Å². The van der Waals surface area contributed by atoms with E-state index in [1.807, 2.05) is 0 Å². The Morgan fingerprint density at radius 2 is 2.00 bits per heavy atom. The molecule has 0 bridgehead atoms. The van der Waals surface area contributed by atoms with Crippen LogP contribution in [0.1, 0.15) is 0 Å². The van der Waals surface area contributed by atoms with E-state index in [0.29, 0.717) is 0 Å². The van der Waals surface area contributed by atoms with Crippen molar-refractivity contribution in [1.82, 2.24) is 15.4 Å². The highest BCUT2D eigenvalue weighted by molar-refractivity contribution is 5.17. The van der Waals surface area contributed by atoms with Gasteiger partial charge in [0.15, 0.2) is 0 Å². The zero-order valence-corrected chi connectivity index (χ0v) is 4.26. The molecule has 0 amide bonds. The first-order valence-electron chi connectivity index (χ1n) is 2.08. The molecule has 0 aliphatic heterocycles. The van der Waals surface area contributed by atoms with Crippen molar-refractivity contribution in [3.05, 3.63) is 22.5 Å². The minimum absolute atomic E-state index is 0.148. The molecule has 0 atom stereocenters. The van der Waals surface area contributed by atoms with Crippen LogP contribution >= 0.6 is 0 Å². The fourth-order valence-electron chi connectivity index (χ4n) is 0.327. The molecule has 1 aromatic rings. The van der Waals surface area contributed by atoms with Gasteiger partial charge in [-0.15, -0.1) is 10.2 Å². The molecule has 0 spiro atoms. The highest BCUT2D eigenvalue weighted by Gasteiger charge is 2.02. The SMILES string of the molecule is O=[N+]([O-])c1cnnnc1. The topological polar surface area (TPSA) is 81.8 Å². The van der Waals surface area contributed by atoms with Crippen molar-refractivity contribution in [3.63, 3.8) is 0 Å². The average Bonchev–Trinajstić information content (AvgIpc) is 1.90. The molecule has 0 unspecified atom stereocenters. The molecular formula is C3H2N4O2. The van der Waals surface area contributed by atoms with E-state index in [9.17, 15) is 10.1 Å². The maximum Gasteiger partial charge on any atom is 0.309 e. The Morgan fingerprint density at radius 1 is 1.44 bits per heavy atom. The largest absolute Gasteiger partial charge is 0.309 e. The van der Waals surface area contributed by atoms with Gasteiger partial charge in [-0.2, -0.15) is 0 Å². The van der Waals surface area contributed by atoms with Crippen LogP contribution in [-0.2, 0) is 0 Å². The van der Waals surface area contributed by atoms with Crippen LogP contribution in [0.15, 0.2) is 12.4 Å². The number of nitrogens with zero attached hydrogens (tertiary/aromatic N) is 4. The van der Waals surface area contributed by atoms with Gasteiger partial charge in [-0.05, 0) is 5.21 Å². The molecule has 1 heterocycles. The van der Waals surface area contributed by atoms with Gasteiger partial charge in [0.25, 0.3) is 0 Å². The summed E-state index contributed by atoms with van der Waals surface area (Å²) in [7, 11) is 0. The van der Waals surface area contributed by atoms with Crippen LogP contribution in [0.25, 0.3) is 0 Å². The first-order valence-corrected chi connectivity index (χ1v) is 2.08. The van der Waals surface area contributed by atoms with Crippen LogP contribution in [-0.4, -0.2) is 20.3 Å². The summed E-state index contributed by atoms with van der Waals surface area (Å²) in [5.41, 5.74) is -0.148. The fourth-order valence-corrected chi connectivity index (χ4v) is 0.327. The number of hydrogen-bond donors (Lipinski definition) is 0. The lowest BCUT2D eigenvalue weighted by atomic mass is 10.6. The lowest BCUT2D eigenvalue weighted by molar-refractivity contribution is -0.385. The molecule has 0 saturated carbocycles. The van der Waals surface area contributed by atoms with Gasteiger partial charge in [-0.1, -0.05) is 0 Å². The molecule has 0 aliphatic carbocycles. The Kier molecular flexibility index (Phi) is 1.31. The van der Waals surface area contributed by atoms with Gasteiger partial charge in [0.1, 0.15) is 12.4 Å². The monoisotopic (exact) mass is 126 g/mol. The van der Waals surface area contributed by atoms with Crippen molar-refractivity contribution in [2.24, 2.45) is 0 Å². The maximum absolute atomic E-state index is 9.90. The van der Waals surface area contributed by atoms with Crippen LogP contribution in [0.5, 0.6) is 0 Å². The number of aromatic nitrogens is 3. The van der Waals surface area contributed by atoms with Crippen LogP contribution in [0.4, 0.5) is 5.69 Å². The van der Waals surface area contributed by atoms with E-state index in [1.165, 1.54) is 0 Å². The third kappa shape index (κ3) is 1.15. The summed E-state index contributed by atoms with van der Waals surface area (Å²) in [6.45, 7) is 0. The lowest BCUT2D eigenvalue weighted by Crippen LogP contribution is -1.91. The Morgan fingerprint density at radius 3 is 2.33 bits per heavy atom. The summed E-state index contributed by atoms with van der Waals surface area (Å²) < 4.78 is 0. The normalized spacial score (nSPS) is 8.89. The van der Waals surface area contributed by atoms with Gasteiger partial charge >= 0.3 is 5.69 Å². The highest BCUT2D eigenvalue weighted by atomic mass is 16.6. The molecule has 0 fully saturated rings. The van der Waals surface area contributed by atoms with E-state index < -0.39 is 4.92 Å². The first-order chi connectivity index (χ1) is 4.30. The molecule has 0 N–H and O–H groups in total. The van der Waals surface area contributed by atoms with Crippen LogP contribution in [0.3, 0.4) is 0 Å². The Labute approximate surface area is 49.7 Å². The van der Waals surface area contributed by atoms with Crippen molar-refractivity contribution in [2.45, 2.75) is 0 Å². The molecule has 6 nitrogen and oxygen atoms in total. The first kappa shape index (κ1) is 5.54. The van der Waals surface area contributed by atoms with Crippen LogP contribution in [0, 0.1) is 10.1 Å². The fraction of sp³-hybridized carbons (Fsp3) is 0. The molecule has 1 rings (SSSR count). The second-order valence-corrected chi connectivity index (χ2v) is 1.26. The van der Waals surface area contributed by atoms with Crippen molar-refractivity contribution < 1.29 is 4.92 Å². The quantitative estimate of drug-likeness (QED) is 0.383. The zero-order chi connectivity index (χ0) is 6.69. The van der Waals surface area contributed by atoms with E-state index in [4.69, 9.17) is 0 Å². The highest BCUT2D eigenvalue weighted by Crippen LogP contribution is 2.01. The molecule has 46 valence electrons. The summed E-state index contributed by atoms with van der Waals surface area (Å²) in [4.78, 5) is 9.32. The lowest BCUT2D eigenvalue weighted by Gasteiger charge is -1.82. The molecule has 0 saturated heterocycles. The molecule has 0 aromatic carbocycles. The molecule has 1 aromatic heterocycles. The van der Waals surface area contributed by atoms with E-state index in [0.717, 1.165) is 12.4 Å². The minimum atomic E-state index is -0.582. The number of nitro groups is 1. The van der Waals surface area contributed by atoms with Crippen molar-refractivity contribution in [2.75, 3.05) is 0 Å². The molecule has 6 heteroatoms. The smallest absolute Gasteiger partial charge is 0.258 e. The second-order valence-electron chi connectivity index (χ2n) is 1.26. The van der Waals surface area contributed by atoms with Gasteiger partial charge in [0.05, 0.1) is 4.92 Å². The van der Waals surface area contributed by atoms with Gasteiger partial charge in [-0.3, -0.25) is 10.1 Å². The summed E-state index contributed by atoms with van der Waals surface area (Å²) >= 11 is 0. The van der Waals surface area contributed by atoms with Gasteiger partial charge in [0, 0.05) is 0 Å². The summed E-state index contributed by atoms with van der Waals surface area (Å²) in [6, 6.07) is 0. The van der Waals surface area contributed by atoms with Crippen LogP contribution in [0.2, 0.25) is 0 Å². The van der Waals surface area contributed by atoms with Gasteiger partial charge < -0.3 is 0 Å². The second kappa shape index (κ2) is 2.12. The van der Waals surface area contributed by atoms with E-state index in [2.05, 4.69) is 15.4 Å². The summed E-state index contributed by atoms with van der Waals surface area (Å²) in [5.74, 6) is 0. The Balaban J connectivity index is 2.98. The molecule has 0 aliphatic rings. The number of hydrogen-bond acceptors (Lipinski definition) is 5. The summed E-state index contributed by atoms with van der Waals surface area (Å²) in [6.07, 6.45) is 2.07. The van der Waals surface area contributed by atoms with Gasteiger partial charge in [0.2, 0.25) is 0 Å². The minimum Gasteiger partial charge on any atom is -0.258 e. The van der Waals surface area contributed by atoms with E-state index >= 15 is 0 Å². The summed E-state index contributed by atoms with van der Waals surface area (Å²) in [5, 5.41) is 19.4.